The van der Waals surface area contributed by atoms with Crippen molar-refractivity contribution in [3.05, 3.63) is 231 Å². The van der Waals surface area contributed by atoms with Crippen molar-refractivity contribution in [3.8, 4) is 55.9 Å². The summed E-state index contributed by atoms with van der Waals surface area (Å²) in [6, 6.07) is 83.4. The fraction of sp³-hybridized carbons (Fsp3) is 0. The van der Waals surface area contributed by atoms with Gasteiger partial charge in [-0.15, -0.1) is 0 Å². The molecule has 0 aliphatic carbocycles. The molecular formula is C60H38N2O. The number of hydrogen-bond donors (Lipinski definition) is 0. The van der Waals surface area contributed by atoms with E-state index in [1.165, 1.54) is 66.0 Å². The molecule has 13 aromatic rings. The third-order valence-corrected chi connectivity index (χ3v) is 12.9. The molecular weight excluding hydrogens is 765 g/mol. The Balaban J connectivity index is 0.982. The van der Waals surface area contributed by atoms with Crippen molar-refractivity contribution < 1.29 is 4.42 Å². The number of para-hydroxylation sites is 4. The first kappa shape index (κ1) is 35.4. The Morgan fingerprint density at radius 2 is 0.714 bits per heavy atom. The van der Waals surface area contributed by atoms with Gasteiger partial charge in [0, 0.05) is 44.1 Å². The van der Waals surface area contributed by atoms with Gasteiger partial charge < -0.3 is 13.6 Å². The summed E-state index contributed by atoms with van der Waals surface area (Å²) in [4.78, 5) is 0. The normalized spacial score (nSPS) is 11.8. The zero-order valence-electron chi connectivity index (χ0n) is 34.2. The van der Waals surface area contributed by atoms with Crippen molar-refractivity contribution in [2.24, 2.45) is 0 Å². The van der Waals surface area contributed by atoms with Gasteiger partial charge in [0.05, 0.1) is 27.8 Å². The number of furan rings is 1. The van der Waals surface area contributed by atoms with E-state index in [2.05, 4.69) is 240 Å². The minimum absolute atomic E-state index is 0.866. The zero-order chi connectivity index (χ0) is 41.4. The van der Waals surface area contributed by atoms with E-state index in [9.17, 15) is 0 Å². The fourth-order valence-corrected chi connectivity index (χ4v) is 10.0. The monoisotopic (exact) mass is 802 g/mol. The summed E-state index contributed by atoms with van der Waals surface area (Å²) in [5, 5.41) is 7.15. The van der Waals surface area contributed by atoms with Crippen molar-refractivity contribution in [2.75, 3.05) is 0 Å². The molecule has 10 aromatic carbocycles. The van der Waals surface area contributed by atoms with Gasteiger partial charge in [0.2, 0.25) is 0 Å². The molecule has 0 amide bonds. The molecule has 63 heavy (non-hydrogen) atoms. The molecule has 0 N–H and O–H groups in total. The van der Waals surface area contributed by atoms with Crippen molar-refractivity contribution in [1.82, 2.24) is 9.13 Å². The number of aromatic nitrogens is 2. The fourth-order valence-electron chi connectivity index (χ4n) is 10.0. The van der Waals surface area contributed by atoms with Gasteiger partial charge in [-0.25, -0.2) is 0 Å². The van der Waals surface area contributed by atoms with Crippen LogP contribution in [0.5, 0.6) is 0 Å². The van der Waals surface area contributed by atoms with Crippen LogP contribution in [0.3, 0.4) is 0 Å². The molecule has 0 saturated carbocycles. The van der Waals surface area contributed by atoms with Crippen molar-refractivity contribution in [1.29, 1.82) is 0 Å². The van der Waals surface area contributed by atoms with Gasteiger partial charge in [0.15, 0.2) is 0 Å². The van der Waals surface area contributed by atoms with Gasteiger partial charge in [-0.2, -0.15) is 0 Å². The summed E-state index contributed by atoms with van der Waals surface area (Å²) in [6.45, 7) is 0. The molecule has 0 atom stereocenters. The van der Waals surface area contributed by atoms with Crippen LogP contribution in [0.25, 0.3) is 121 Å². The van der Waals surface area contributed by atoms with Crippen molar-refractivity contribution >= 4 is 65.6 Å². The molecule has 13 rings (SSSR count). The second kappa shape index (κ2) is 14.1. The minimum Gasteiger partial charge on any atom is -0.456 e. The molecule has 0 bridgehead atoms. The summed E-state index contributed by atoms with van der Waals surface area (Å²) in [6.07, 6.45) is 0. The van der Waals surface area contributed by atoms with Crippen LogP contribution in [0.1, 0.15) is 0 Å². The summed E-state index contributed by atoms with van der Waals surface area (Å²) in [5.41, 5.74) is 18.1. The highest BCUT2D eigenvalue weighted by atomic mass is 16.3. The predicted octanol–water partition coefficient (Wildman–Crippen LogP) is 16.4. The minimum atomic E-state index is 0.866. The standard InChI is InChI=1S/C60H38N2O/c1-3-15-39(16-4-1)40-17-13-18-41(33-40)42-19-14-20-45(34-42)51-37-47(38-59-60(51)50-25-9-12-28-58(50)63-59)62-55-27-11-8-24-49(55)53-36-44(30-32-57(53)62)43-29-31-56-52(35-43)48-23-7-10-26-54(48)61(56)46-21-5-2-6-22-46/h1-38H. The molecule has 3 heteroatoms. The molecule has 3 aromatic heterocycles. The van der Waals surface area contributed by atoms with Crippen LogP contribution in [0, 0.1) is 0 Å². The largest absolute Gasteiger partial charge is 0.456 e. The van der Waals surface area contributed by atoms with E-state index in [-0.39, 0.29) is 0 Å². The summed E-state index contributed by atoms with van der Waals surface area (Å²) >= 11 is 0. The average molecular weight is 803 g/mol. The molecule has 0 radical (unpaired) electrons. The zero-order valence-corrected chi connectivity index (χ0v) is 34.2. The number of rotatable bonds is 6. The Hall–Kier alpha value is -8.40. The molecule has 3 nitrogen and oxygen atoms in total. The lowest BCUT2D eigenvalue weighted by Gasteiger charge is -2.13. The molecule has 0 saturated heterocycles. The Bertz CT molecular complexity index is 3900. The van der Waals surface area contributed by atoms with Crippen molar-refractivity contribution in [2.45, 2.75) is 0 Å². The summed E-state index contributed by atoms with van der Waals surface area (Å²) in [5.74, 6) is 0. The number of benzene rings is 10. The second-order valence-corrected chi connectivity index (χ2v) is 16.5. The van der Waals surface area contributed by atoms with E-state index in [0.717, 1.165) is 55.5 Å². The van der Waals surface area contributed by atoms with Crippen LogP contribution in [0.2, 0.25) is 0 Å². The highest BCUT2D eigenvalue weighted by molar-refractivity contribution is 6.15. The lowest BCUT2D eigenvalue weighted by molar-refractivity contribution is 0.668. The third kappa shape index (κ3) is 5.67. The number of fused-ring (bicyclic) bond motifs is 9. The van der Waals surface area contributed by atoms with Gasteiger partial charge in [-0.1, -0.05) is 152 Å². The quantitative estimate of drug-likeness (QED) is 0.164. The third-order valence-electron chi connectivity index (χ3n) is 12.9. The summed E-state index contributed by atoms with van der Waals surface area (Å²) in [7, 11) is 0. The van der Waals surface area contributed by atoms with Crippen LogP contribution in [0.15, 0.2) is 235 Å². The van der Waals surface area contributed by atoms with Gasteiger partial charge in [-0.05, 0) is 117 Å². The first-order chi connectivity index (χ1) is 31.2. The van der Waals surface area contributed by atoms with Crippen LogP contribution in [-0.4, -0.2) is 9.13 Å². The topological polar surface area (TPSA) is 23.0 Å². The second-order valence-electron chi connectivity index (χ2n) is 16.5. The van der Waals surface area contributed by atoms with Gasteiger partial charge >= 0.3 is 0 Å². The van der Waals surface area contributed by atoms with Crippen LogP contribution >= 0.6 is 0 Å². The Morgan fingerprint density at radius 1 is 0.254 bits per heavy atom. The van der Waals surface area contributed by atoms with E-state index < -0.39 is 0 Å². The average Bonchev–Trinajstić information content (AvgIpc) is 4.01. The Morgan fingerprint density at radius 3 is 1.37 bits per heavy atom. The van der Waals surface area contributed by atoms with E-state index >= 15 is 0 Å². The highest BCUT2D eigenvalue weighted by Crippen LogP contribution is 2.43. The van der Waals surface area contributed by atoms with E-state index in [4.69, 9.17) is 4.42 Å². The van der Waals surface area contributed by atoms with Crippen molar-refractivity contribution in [3.63, 3.8) is 0 Å². The summed E-state index contributed by atoms with van der Waals surface area (Å²) < 4.78 is 11.5. The van der Waals surface area contributed by atoms with E-state index in [0.29, 0.717) is 0 Å². The Labute approximate surface area is 363 Å². The molecule has 294 valence electrons. The first-order valence-electron chi connectivity index (χ1n) is 21.6. The lowest BCUT2D eigenvalue weighted by Crippen LogP contribution is -1.95. The maximum atomic E-state index is 6.71. The van der Waals surface area contributed by atoms with Gasteiger partial charge in [0.1, 0.15) is 11.2 Å². The maximum Gasteiger partial charge on any atom is 0.138 e. The van der Waals surface area contributed by atoms with E-state index in [1.54, 1.807) is 0 Å². The smallest absolute Gasteiger partial charge is 0.138 e. The van der Waals surface area contributed by atoms with Gasteiger partial charge in [-0.3, -0.25) is 0 Å². The lowest BCUT2D eigenvalue weighted by atomic mass is 9.94. The Kier molecular flexibility index (Phi) is 7.91. The molecule has 0 spiro atoms. The maximum absolute atomic E-state index is 6.71. The molecule has 0 unspecified atom stereocenters. The predicted molar refractivity (Wildman–Crippen MR) is 264 cm³/mol. The SMILES string of the molecule is c1ccc(-c2cccc(-c3cccc(-c4cc(-n5c6ccccc6c6cc(-c7ccc8c(c7)c7ccccc7n8-c7ccccc7)ccc65)cc5oc6ccccc6c45)c3)c2)cc1. The molecule has 0 aliphatic rings. The van der Waals surface area contributed by atoms with E-state index in [1.807, 2.05) is 0 Å². The molecule has 3 heterocycles. The number of hydrogen-bond acceptors (Lipinski definition) is 1. The van der Waals surface area contributed by atoms with Crippen LogP contribution in [-0.2, 0) is 0 Å². The first-order valence-corrected chi connectivity index (χ1v) is 21.6. The molecule has 0 aliphatic heterocycles. The van der Waals surface area contributed by atoms with Gasteiger partial charge in [0.25, 0.3) is 0 Å². The molecule has 0 fully saturated rings. The van der Waals surface area contributed by atoms with Crippen LogP contribution in [0.4, 0.5) is 0 Å². The van der Waals surface area contributed by atoms with Crippen LogP contribution < -0.4 is 0 Å². The number of nitrogens with zero attached hydrogens (tertiary/aromatic N) is 2. The highest BCUT2D eigenvalue weighted by Gasteiger charge is 2.20.